The van der Waals surface area contributed by atoms with Gasteiger partial charge in [0.05, 0.1) is 6.61 Å². The quantitative estimate of drug-likeness (QED) is 0.246. The summed E-state index contributed by atoms with van der Waals surface area (Å²) in [5.41, 5.74) is 0. The van der Waals surface area contributed by atoms with Crippen LogP contribution in [-0.2, 0) is 18.6 Å². The van der Waals surface area contributed by atoms with Crippen molar-refractivity contribution in [1.29, 1.82) is 0 Å². The van der Waals surface area contributed by atoms with Gasteiger partial charge in [0, 0.05) is 16.8 Å². The predicted molar refractivity (Wildman–Crippen MR) is 53.4 cm³/mol. The first-order chi connectivity index (χ1) is 6.39. The SMILES string of the molecule is CC(C)(CCOC(=O)C(=O)Cl)SON. The molecule has 0 atom stereocenters. The zero-order valence-electron chi connectivity index (χ0n) is 7.91. The van der Waals surface area contributed by atoms with Gasteiger partial charge in [-0.15, -0.1) is 0 Å². The Bertz CT molecular complexity index is 222. The van der Waals surface area contributed by atoms with E-state index in [9.17, 15) is 9.59 Å². The molecule has 0 rings (SSSR count). The molecule has 0 aliphatic heterocycles. The summed E-state index contributed by atoms with van der Waals surface area (Å²) in [6.07, 6.45) is 0.505. The fourth-order valence-corrected chi connectivity index (χ4v) is 1.10. The Morgan fingerprint density at radius 2 is 2.07 bits per heavy atom. The van der Waals surface area contributed by atoms with Gasteiger partial charge in [0.25, 0.3) is 0 Å². The highest BCUT2D eigenvalue weighted by molar-refractivity contribution is 7.96. The van der Waals surface area contributed by atoms with Crippen LogP contribution in [0.2, 0.25) is 0 Å². The number of halogens is 1. The first-order valence-corrected chi connectivity index (χ1v) is 4.92. The van der Waals surface area contributed by atoms with Crippen LogP contribution in [0.25, 0.3) is 0 Å². The van der Waals surface area contributed by atoms with Gasteiger partial charge in [-0.3, -0.25) is 4.79 Å². The van der Waals surface area contributed by atoms with Crippen molar-refractivity contribution in [1.82, 2.24) is 0 Å². The minimum atomic E-state index is -1.12. The minimum Gasteiger partial charge on any atom is -0.459 e. The van der Waals surface area contributed by atoms with Gasteiger partial charge in [-0.2, -0.15) is 0 Å². The van der Waals surface area contributed by atoms with Crippen molar-refractivity contribution in [2.45, 2.75) is 25.0 Å². The summed E-state index contributed by atoms with van der Waals surface area (Å²) in [5, 5.41) is -1.12. The molecule has 0 spiro atoms. The smallest absolute Gasteiger partial charge is 0.391 e. The number of rotatable bonds is 6. The van der Waals surface area contributed by atoms with E-state index in [1.165, 1.54) is 0 Å². The number of carbonyl (C=O) groups is 2. The predicted octanol–water partition coefficient (Wildman–Crippen LogP) is 1.00. The van der Waals surface area contributed by atoms with E-state index in [0.717, 1.165) is 12.0 Å². The lowest BCUT2D eigenvalue weighted by molar-refractivity contribution is -0.150. The van der Waals surface area contributed by atoms with Crippen molar-refractivity contribution >= 4 is 34.9 Å². The summed E-state index contributed by atoms with van der Waals surface area (Å²) < 4.78 is 8.66. The molecule has 0 amide bonds. The number of hydrogen-bond acceptors (Lipinski definition) is 6. The second-order valence-electron chi connectivity index (χ2n) is 3.10. The lowest BCUT2D eigenvalue weighted by Crippen LogP contribution is -2.21. The Morgan fingerprint density at radius 3 is 2.50 bits per heavy atom. The summed E-state index contributed by atoms with van der Waals surface area (Å²) in [6, 6.07) is 0. The van der Waals surface area contributed by atoms with E-state index in [0.29, 0.717) is 6.42 Å². The van der Waals surface area contributed by atoms with Gasteiger partial charge in [-0.1, -0.05) is 0 Å². The normalized spacial score (nSPS) is 11.1. The maximum Gasteiger partial charge on any atom is 0.391 e. The standard InChI is InChI=1S/C7H12ClNO4S/c1-7(2,14-13-9)3-4-12-6(11)5(8)10/h3-4,9H2,1-2H3. The van der Waals surface area contributed by atoms with Crippen LogP contribution in [0.1, 0.15) is 20.3 Å². The molecule has 5 nitrogen and oxygen atoms in total. The minimum absolute atomic E-state index is 0.0979. The summed E-state index contributed by atoms with van der Waals surface area (Å²) in [6.45, 7) is 3.82. The van der Waals surface area contributed by atoms with Gasteiger partial charge >= 0.3 is 11.2 Å². The maximum absolute atomic E-state index is 10.6. The monoisotopic (exact) mass is 241 g/mol. The second-order valence-corrected chi connectivity index (χ2v) is 4.91. The molecule has 2 N–H and O–H groups in total. The Hall–Kier alpha value is -0.300. The zero-order chi connectivity index (χ0) is 11.2. The molecule has 82 valence electrons. The van der Waals surface area contributed by atoms with Crippen molar-refractivity contribution < 1.29 is 18.6 Å². The van der Waals surface area contributed by atoms with Crippen LogP contribution in [0.15, 0.2) is 0 Å². The molecule has 0 saturated carbocycles. The molecule has 0 bridgehead atoms. The molecule has 7 heteroatoms. The van der Waals surface area contributed by atoms with E-state index in [4.69, 9.17) is 17.5 Å². The maximum atomic E-state index is 10.6. The lowest BCUT2D eigenvalue weighted by atomic mass is 10.1. The van der Waals surface area contributed by atoms with E-state index in [-0.39, 0.29) is 11.4 Å². The molecule has 0 saturated heterocycles. The molecule has 0 aliphatic rings. The topological polar surface area (TPSA) is 78.6 Å². The summed E-state index contributed by atoms with van der Waals surface area (Å²) in [4.78, 5) is 20.9. The molecule has 0 aromatic rings. The van der Waals surface area contributed by atoms with Crippen molar-refractivity contribution in [3.8, 4) is 0 Å². The zero-order valence-corrected chi connectivity index (χ0v) is 9.48. The average molecular weight is 242 g/mol. The molecule has 0 heterocycles. The Kier molecular flexibility index (Phi) is 6.10. The number of carbonyl (C=O) groups excluding carboxylic acids is 2. The van der Waals surface area contributed by atoms with E-state index >= 15 is 0 Å². The van der Waals surface area contributed by atoms with E-state index in [1.807, 2.05) is 13.8 Å². The van der Waals surface area contributed by atoms with Crippen LogP contribution in [-0.4, -0.2) is 22.6 Å². The summed E-state index contributed by atoms with van der Waals surface area (Å²) in [7, 11) is 0. The average Bonchev–Trinajstić information content (AvgIpc) is 2.03. The van der Waals surface area contributed by atoms with Crippen molar-refractivity contribution in [3.63, 3.8) is 0 Å². The fourth-order valence-electron chi connectivity index (χ4n) is 0.618. The van der Waals surface area contributed by atoms with Gasteiger partial charge in [0.1, 0.15) is 0 Å². The fraction of sp³-hybridized carbons (Fsp3) is 0.714. The first kappa shape index (κ1) is 13.7. The van der Waals surface area contributed by atoms with Crippen LogP contribution in [0.4, 0.5) is 0 Å². The Labute approximate surface area is 91.4 Å². The molecule has 0 aromatic heterocycles. The Balaban J connectivity index is 3.73. The number of hydrogen-bond donors (Lipinski definition) is 1. The summed E-state index contributed by atoms with van der Waals surface area (Å²) in [5.74, 6) is 3.83. The van der Waals surface area contributed by atoms with Crippen LogP contribution >= 0.6 is 23.6 Å². The molecule has 0 aliphatic carbocycles. The first-order valence-electron chi connectivity index (χ1n) is 3.80. The summed E-state index contributed by atoms with van der Waals surface area (Å²) >= 11 is 5.94. The number of ether oxygens (including phenoxy) is 1. The number of nitrogens with two attached hydrogens (primary N) is 1. The van der Waals surface area contributed by atoms with Gasteiger partial charge in [-0.25, -0.2) is 15.0 Å². The van der Waals surface area contributed by atoms with Crippen molar-refractivity contribution in [3.05, 3.63) is 0 Å². The van der Waals surface area contributed by atoms with Gasteiger partial charge in [0.15, 0.2) is 0 Å². The Morgan fingerprint density at radius 1 is 1.50 bits per heavy atom. The van der Waals surface area contributed by atoms with E-state index < -0.39 is 11.2 Å². The third-order valence-electron chi connectivity index (χ3n) is 1.37. The highest BCUT2D eigenvalue weighted by Crippen LogP contribution is 2.27. The third-order valence-corrected chi connectivity index (χ3v) is 2.28. The van der Waals surface area contributed by atoms with Gasteiger partial charge < -0.3 is 4.74 Å². The van der Waals surface area contributed by atoms with Gasteiger partial charge in [-0.05, 0) is 31.9 Å². The molecular weight excluding hydrogens is 230 g/mol. The van der Waals surface area contributed by atoms with Crippen LogP contribution in [0.3, 0.4) is 0 Å². The van der Waals surface area contributed by atoms with Crippen molar-refractivity contribution in [2.75, 3.05) is 6.61 Å². The molecule has 14 heavy (non-hydrogen) atoms. The highest BCUT2D eigenvalue weighted by Gasteiger charge is 2.21. The largest absolute Gasteiger partial charge is 0.459 e. The molecule has 0 aromatic carbocycles. The third kappa shape index (κ3) is 6.20. The van der Waals surface area contributed by atoms with Gasteiger partial charge in [0.2, 0.25) is 0 Å². The van der Waals surface area contributed by atoms with Crippen LogP contribution in [0.5, 0.6) is 0 Å². The van der Waals surface area contributed by atoms with Crippen LogP contribution in [0, 0.1) is 0 Å². The molecular formula is C7H12ClNO4S. The molecule has 0 unspecified atom stereocenters. The van der Waals surface area contributed by atoms with Crippen molar-refractivity contribution in [2.24, 2.45) is 5.90 Å². The molecule has 0 radical (unpaired) electrons. The van der Waals surface area contributed by atoms with Crippen LogP contribution < -0.4 is 5.90 Å². The number of esters is 1. The highest BCUT2D eigenvalue weighted by atomic mass is 35.5. The van der Waals surface area contributed by atoms with E-state index in [1.54, 1.807) is 0 Å². The second kappa shape index (κ2) is 6.23. The molecule has 0 fully saturated rings. The van der Waals surface area contributed by atoms with E-state index in [2.05, 4.69) is 9.02 Å². The lowest BCUT2D eigenvalue weighted by Gasteiger charge is -2.20.